The lowest BCUT2D eigenvalue weighted by molar-refractivity contribution is -0.858. The van der Waals surface area contributed by atoms with E-state index in [0.29, 0.717) is 12.2 Å². The number of amides is 1. The van der Waals surface area contributed by atoms with Gasteiger partial charge < -0.3 is 10.2 Å². The lowest BCUT2D eigenvalue weighted by Crippen LogP contribution is -3.05. The first kappa shape index (κ1) is 18.7. The Bertz CT molecular complexity index is 507. The molecule has 1 aromatic heterocycles. The second-order valence-electron chi connectivity index (χ2n) is 5.31. The standard InChI is InChI=1S/C14H19ClF3N3O/c1-21(2)7-3-6-19-13(22)5-4-12-11(15)8-10(9-20-12)14(16,17)18/h8-9H,3-7H2,1-2H3,(H,19,22)/p+1. The summed E-state index contributed by atoms with van der Waals surface area (Å²) in [5.41, 5.74) is -0.598. The Morgan fingerprint density at radius 2 is 2.09 bits per heavy atom. The molecule has 0 aromatic carbocycles. The third-order valence-electron chi connectivity index (χ3n) is 3.01. The largest absolute Gasteiger partial charge is 0.417 e. The van der Waals surface area contributed by atoms with Crippen LogP contribution >= 0.6 is 11.6 Å². The highest BCUT2D eigenvalue weighted by Crippen LogP contribution is 2.31. The van der Waals surface area contributed by atoms with Gasteiger partial charge in [-0.2, -0.15) is 13.2 Å². The molecule has 0 saturated carbocycles. The van der Waals surface area contributed by atoms with Gasteiger partial charge in [-0.05, 0) is 12.5 Å². The van der Waals surface area contributed by atoms with E-state index in [0.717, 1.165) is 25.2 Å². The maximum absolute atomic E-state index is 12.5. The molecular weight excluding hydrogens is 319 g/mol. The van der Waals surface area contributed by atoms with Crippen LogP contribution in [-0.4, -0.2) is 38.1 Å². The number of carbonyl (C=O) groups is 1. The maximum atomic E-state index is 12.5. The fraction of sp³-hybridized carbons (Fsp3) is 0.571. The number of hydrogen-bond acceptors (Lipinski definition) is 2. The van der Waals surface area contributed by atoms with Crippen LogP contribution in [0.4, 0.5) is 13.2 Å². The van der Waals surface area contributed by atoms with E-state index < -0.39 is 11.7 Å². The number of hydrogen-bond donors (Lipinski definition) is 2. The highest BCUT2D eigenvalue weighted by molar-refractivity contribution is 6.31. The first-order valence-corrected chi connectivity index (χ1v) is 7.35. The second-order valence-corrected chi connectivity index (χ2v) is 5.72. The topological polar surface area (TPSA) is 46.4 Å². The third kappa shape index (κ3) is 6.62. The molecule has 1 amide bonds. The van der Waals surface area contributed by atoms with Gasteiger partial charge in [0, 0.05) is 25.6 Å². The molecule has 124 valence electrons. The average molecular weight is 339 g/mol. The molecule has 0 spiro atoms. The number of pyridine rings is 1. The molecule has 0 unspecified atom stereocenters. The summed E-state index contributed by atoms with van der Waals surface area (Å²) in [4.78, 5) is 16.6. The van der Waals surface area contributed by atoms with E-state index in [2.05, 4.69) is 10.3 Å². The van der Waals surface area contributed by atoms with Crippen LogP contribution in [-0.2, 0) is 17.4 Å². The van der Waals surface area contributed by atoms with E-state index in [4.69, 9.17) is 11.6 Å². The third-order valence-corrected chi connectivity index (χ3v) is 3.34. The van der Waals surface area contributed by atoms with Gasteiger partial charge in [-0.3, -0.25) is 9.78 Å². The fourth-order valence-corrected chi connectivity index (χ4v) is 2.06. The van der Waals surface area contributed by atoms with Crippen LogP contribution in [0.25, 0.3) is 0 Å². The average Bonchev–Trinajstić information content (AvgIpc) is 2.41. The Balaban J connectivity index is 2.43. The molecule has 0 aliphatic carbocycles. The smallest absolute Gasteiger partial charge is 0.356 e. The van der Waals surface area contributed by atoms with Crippen LogP contribution in [0.3, 0.4) is 0 Å². The molecule has 1 rings (SSSR count). The fourth-order valence-electron chi connectivity index (χ4n) is 1.80. The Kier molecular flexibility index (Phi) is 7.09. The van der Waals surface area contributed by atoms with Gasteiger partial charge in [0.05, 0.1) is 36.9 Å². The molecule has 2 N–H and O–H groups in total. The molecule has 4 nitrogen and oxygen atoms in total. The van der Waals surface area contributed by atoms with Gasteiger partial charge in [-0.15, -0.1) is 0 Å². The van der Waals surface area contributed by atoms with E-state index in [1.807, 2.05) is 14.1 Å². The number of alkyl halides is 3. The number of rotatable bonds is 7. The van der Waals surface area contributed by atoms with E-state index in [-0.39, 0.29) is 23.8 Å². The lowest BCUT2D eigenvalue weighted by Gasteiger charge is -2.10. The molecule has 0 atom stereocenters. The van der Waals surface area contributed by atoms with Crippen LogP contribution in [0.1, 0.15) is 24.1 Å². The van der Waals surface area contributed by atoms with Crippen LogP contribution in [0, 0.1) is 0 Å². The molecule has 1 aromatic rings. The Morgan fingerprint density at radius 3 is 2.64 bits per heavy atom. The summed E-state index contributed by atoms with van der Waals surface area (Å²) in [7, 11) is 4.06. The van der Waals surface area contributed by atoms with Gasteiger partial charge in [0.2, 0.25) is 5.91 Å². The van der Waals surface area contributed by atoms with Crippen LogP contribution in [0.15, 0.2) is 12.3 Å². The van der Waals surface area contributed by atoms with Crippen LogP contribution in [0.5, 0.6) is 0 Å². The van der Waals surface area contributed by atoms with Gasteiger partial charge in [0.1, 0.15) is 0 Å². The summed E-state index contributed by atoms with van der Waals surface area (Å²) in [6.45, 7) is 1.53. The molecule has 1 heterocycles. The van der Waals surface area contributed by atoms with Crippen molar-refractivity contribution in [3.8, 4) is 0 Å². The van der Waals surface area contributed by atoms with Gasteiger partial charge in [0.25, 0.3) is 0 Å². The van der Waals surface area contributed by atoms with Gasteiger partial charge in [-0.25, -0.2) is 0 Å². The summed E-state index contributed by atoms with van der Waals surface area (Å²) in [6.07, 6.45) is -2.51. The van der Waals surface area contributed by atoms with Gasteiger partial charge in [-0.1, -0.05) is 11.6 Å². The highest BCUT2D eigenvalue weighted by Gasteiger charge is 2.31. The molecule has 8 heteroatoms. The molecule has 0 fully saturated rings. The minimum absolute atomic E-state index is 0.0705. The van der Waals surface area contributed by atoms with Crippen molar-refractivity contribution in [2.75, 3.05) is 27.2 Å². The lowest BCUT2D eigenvalue weighted by atomic mass is 10.1. The van der Waals surface area contributed by atoms with Crippen molar-refractivity contribution in [1.82, 2.24) is 10.3 Å². The number of aromatic nitrogens is 1. The van der Waals surface area contributed by atoms with Crippen molar-refractivity contribution in [3.05, 3.63) is 28.5 Å². The van der Waals surface area contributed by atoms with Crippen molar-refractivity contribution >= 4 is 17.5 Å². The zero-order valence-electron chi connectivity index (χ0n) is 12.6. The van der Waals surface area contributed by atoms with Crippen LogP contribution < -0.4 is 10.2 Å². The zero-order chi connectivity index (χ0) is 16.8. The van der Waals surface area contributed by atoms with Crippen molar-refractivity contribution < 1.29 is 22.9 Å². The molecular formula is C14H20ClF3N3O+. The number of nitrogens with one attached hydrogen (secondary N) is 2. The van der Waals surface area contributed by atoms with E-state index in [9.17, 15) is 18.0 Å². The minimum atomic E-state index is -4.47. The van der Waals surface area contributed by atoms with Crippen LogP contribution in [0.2, 0.25) is 5.02 Å². The maximum Gasteiger partial charge on any atom is 0.417 e. The minimum Gasteiger partial charge on any atom is -0.356 e. The Hall–Kier alpha value is -1.34. The van der Waals surface area contributed by atoms with Crippen molar-refractivity contribution in [1.29, 1.82) is 0 Å². The van der Waals surface area contributed by atoms with E-state index in [1.165, 1.54) is 4.90 Å². The molecule has 22 heavy (non-hydrogen) atoms. The predicted molar refractivity (Wildman–Crippen MR) is 77.9 cm³/mol. The quantitative estimate of drug-likeness (QED) is 0.737. The van der Waals surface area contributed by atoms with Gasteiger partial charge in [0.15, 0.2) is 0 Å². The normalized spacial score (nSPS) is 11.8. The number of carbonyl (C=O) groups excluding carboxylic acids is 1. The molecule has 0 radical (unpaired) electrons. The van der Waals surface area contributed by atoms with E-state index >= 15 is 0 Å². The zero-order valence-corrected chi connectivity index (χ0v) is 13.3. The molecule has 0 bridgehead atoms. The van der Waals surface area contributed by atoms with Crippen molar-refractivity contribution in [2.45, 2.75) is 25.4 Å². The second kappa shape index (κ2) is 8.33. The number of halogens is 4. The summed E-state index contributed by atoms with van der Waals surface area (Å²) in [5, 5.41) is 2.69. The number of nitrogens with zero attached hydrogens (tertiary/aromatic N) is 1. The summed E-state index contributed by atoms with van der Waals surface area (Å²) in [5.74, 6) is -0.161. The number of quaternary nitrogens is 1. The molecule has 0 saturated heterocycles. The predicted octanol–water partition coefficient (Wildman–Crippen LogP) is 1.34. The summed E-state index contributed by atoms with van der Waals surface area (Å²) < 4.78 is 37.4. The monoisotopic (exact) mass is 338 g/mol. The molecule has 0 aliphatic heterocycles. The Labute approximate surface area is 132 Å². The summed E-state index contributed by atoms with van der Waals surface area (Å²) in [6, 6.07) is 0.835. The Morgan fingerprint density at radius 1 is 1.41 bits per heavy atom. The highest BCUT2D eigenvalue weighted by atomic mass is 35.5. The van der Waals surface area contributed by atoms with Crippen molar-refractivity contribution in [2.24, 2.45) is 0 Å². The first-order valence-electron chi connectivity index (χ1n) is 6.97. The first-order chi connectivity index (χ1) is 10.2. The number of aryl methyl sites for hydroxylation is 1. The SMILES string of the molecule is C[NH+](C)CCCNC(=O)CCc1ncc(C(F)(F)F)cc1Cl. The van der Waals surface area contributed by atoms with Crippen molar-refractivity contribution in [3.63, 3.8) is 0 Å². The molecule has 0 aliphatic rings. The summed E-state index contributed by atoms with van der Waals surface area (Å²) >= 11 is 5.78. The van der Waals surface area contributed by atoms with Gasteiger partial charge >= 0.3 is 6.18 Å². The van der Waals surface area contributed by atoms with E-state index in [1.54, 1.807) is 0 Å².